The number of halogens is 1. The van der Waals surface area contributed by atoms with E-state index >= 15 is 0 Å². The largest absolute Gasteiger partial charge is 0.497 e. The Bertz CT molecular complexity index is 626. The van der Waals surface area contributed by atoms with E-state index in [1.165, 1.54) is 12.1 Å². The molecule has 0 aliphatic carbocycles. The number of carboxylic acid groups (broad SMARTS) is 1. The summed E-state index contributed by atoms with van der Waals surface area (Å²) >= 11 is 0. The summed E-state index contributed by atoms with van der Waals surface area (Å²) in [6, 6.07) is 11.7. The fourth-order valence-electron chi connectivity index (χ4n) is 1.94. The van der Waals surface area contributed by atoms with Crippen LogP contribution < -0.4 is 10.1 Å². The molecule has 0 bridgehead atoms. The number of anilines is 1. The number of nitrogens with one attached hydrogen (secondary N) is 1. The molecular weight excluding hydrogens is 273 g/mol. The minimum Gasteiger partial charge on any atom is -0.497 e. The van der Waals surface area contributed by atoms with Crippen LogP contribution in [0.25, 0.3) is 0 Å². The van der Waals surface area contributed by atoms with Crippen molar-refractivity contribution in [1.82, 2.24) is 0 Å². The maximum Gasteiger partial charge on any atom is 0.338 e. The molecule has 0 atom stereocenters. The summed E-state index contributed by atoms with van der Waals surface area (Å²) in [7, 11) is 1.62. The SMILES string of the molecule is COc1ccc(CCNc2ccc(C(=O)O)c(F)c2)cc1. The number of methoxy groups -OCH3 is 1. The minimum absolute atomic E-state index is 0.323. The van der Waals surface area contributed by atoms with Gasteiger partial charge in [0.25, 0.3) is 0 Å². The molecule has 0 saturated heterocycles. The molecule has 0 spiro atoms. The van der Waals surface area contributed by atoms with Crippen LogP contribution in [-0.2, 0) is 6.42 Å². The van der Waals surface area contributed by atoms with Crippen LogP contribution in [0.1, 0.15) is 15.9 Å². The zero-order valence-electron chi connectivity index (χ0n) is 11.6. The number of hydrogen-bond donors (Lipinski definition) is 2. The summed E-state index contributed by atoms with van der Waals surface area (Å²) < 4.78 is 18.6. The van der Waals surface area contributed by atoms with Gasteiger partial charge in [-0.05, 0) is 42.3 Å². The number of ether oxygens (including phenoxy) is 1. The van der Waals surface area contributed by atoms with Crippen molar-refractivity contribution in [2.45, 2.75) is 6.42 Å². The Kier molecular flexibility index (Phi) is 4.77. The normalized spacial score (nSPS) is 10.2. The summed E-state index contributed by atoms with van der Waals surface area (Å²) in [6.07, 6.45) is 0.770. The molecule has 0 aromatic heterocycles. The molecule has 2 rings (SSSR count). The fraction of sp³-hybridized carbons (Fsp3) is 0.188. The van der Waals surface area contributed by atoms with Gasteiger partial charge in [-0.25, -0.2) is 9.18 Å². The summed E-state index contributed by atoms with van der Waals surface area (Å²) in [6.45, 7) is 0.623. The van der Waals surface area contributed by atoms with Gasteiger partial charge < -0.3 is 15.2 Å². The van der Waals surface area contributed by atoms with Crippen molar-refractivity contribution in [2.75, 3.05) is 19.0 Å². The molecule has 0 aliphatic rings. The van der Waals surface area contributed by atoms with Crippen LogP contribution in [-0.4, -0.2) is 24.7 Å². The lowest BCUT2D eigenvalue weighted by Gasteiger charge is -2.08. The Morgan fingerprint density at radius 1 is 1.24 bits per heavy atom. The lowest BCUT2D eigenvalue weighted by molar-refractivity contribution is 0.0692. The van der Waals surface area contributed by atoms with E-state index in [0.717, 1.165) is 17.7 Å². The molecule has 4 nitrogen and oxygen atoms in total. The number of carboxylic acids is 1. The third kappa shape index (κ3) is 3.95. The van der Waals surface area contributed by atoms with Gasteiger partial charge in [-0.3, -0.25) is 0 Å². The van der Waals surface area contributed by atoms with Crippen LogP contribution >= 0.6 is 0 Å². The highest BCUT2D eigenvalue weighted by molar-refractivity contribution is 5.88. The van der Waals surface area contributed by atoms with Gasteiger partial charge in [0.1, 0.15) is 11.6 Å². The monoisotopic (exact) mass is 289 g/mol. The molecule has 5 heteroatoms. The van der Waals surface area contributed by atoms with Crippen LogP contribution in [0.3, 0.4) is 0 Å². The van der Waals surface area contributed by atoms with Crippen molar-refractivity contribution >= 4 is 11.7 Å². The van der Waals surface area contributed by atoms with Gasteiger partial charge in [-0.2, -0.15) is 0 Å². The second-order valence-corrected chi connectivity index (χ2v) is 4.52. The lowest BCUT2D eigenvalue weighted by Crippen LogP contribution is -2.06. The summed E-state index contributed by atoms with van der Waals surface area (Å²) in [5, 5.41) is 11.8. The highest BCUT2D eigenvalue weighted by atomic mass is 19.1. The van der Waals surface area contributed by atoms with Crippen LogP contribution in [0.15, 0.2) is 42.5 Å². The first-order chi connectivity index (χ1) is 10.1. The maximum absolute atomic E-state index is 13.5. The van der Waals surface area contributed by atoms with E-state index in [1.54, 1.807) is 13.2 Å². The van der Waals surface area contributed by atoms with Crippen molar-refractivity contribution < 1.29 is 19.0 Å². The zero-order valence-corrected chi connectivity index (χ0v) is 11.6. The zero-order chi connectivity index (χ0) is 15.2. The summed E-state index contributed by atoms with van der Waals surface area (Å²) in [5.74, 6) is -1.20. The highest BCUT2D eigenvalue weighted by Crippen LogP contribution is 2.15. The highest BCUT2D eigenvalue weighted by Gasteiger charge is 2.09. The van der Waals surface area contributed by atoms with Crippen molar-refractivity contribution in [1.29, 1.82) is 0 Å². The molecule has 0 fully saturated rings. The average molecular weight is 289 g/mol. The molecule has 0 aliphatic heterocycles. The van der Waals surface area contributed by atoms with Gasteiger partial charge in [0.15, 0.2) is 0 Å². The molecule has 0 heterocycles. The molecule has 2 aromatic rings. The second-order valence-electron chi connectivity index (χ2n) is 4.52. The first-order valence-corrected chi connectivity index (χ1v) is 6.50. The third-order valence-electron chi connectivity index (χ3n) is 3.10. The smallest absolute Gasteiger partial charge is 0.338 e. The van der Waals surface area contributed by atoms with E-state index in [1.807, 2.05) is 24.3 Å². The van der Waals surface area contributed by atoms with Gasteiger partial charge in [0, 0.05) is 12.2 Å². The molecule has 2 aromatic carbocycles. The van der Waals surface area contributed by atoms with E-state index < -0.39 is 11.8 Å². The number of hydrogen-bond acceptors (Lipinski definition) is 3. The Morgan fingerprint density at radius 2 is 1.95 bits per heavy atom. The predicted octanol–water partition coefficient (Wildman–Crippen LogP) is 3.19. The second kappa shape index (κ2) is 6.74. The Balaban J connectivity index is 1.91. The Morgan fingerprint density at radius 3 is 2.52 bits per heavy atom. The van der Waals surface area contributed by atoms with Crippen molar-refractivity contribution in [3.63, 3.8) is 0 Å². The first-order valence-electron chi connectivity index (χ1n) is 6.50. The van der Waals surface area contributed by atoms with E-state index in [2.05, 4.69) is 5.32 Å². The summed E-state index contributed by atoms with van der Waals surface area (Å²) in [4.78, 5) is 10.7. The molecule has 21 heavy (non-hydrogen) atoms. The fourth-order valence-corrected chi connectivity index (χ4v) is 1.94. The quantitative estimate of drug-likeness (QED) is 0.857. The first kappa shape index (κ1) is 14.8. The van der Waals surface area contributed by atoms with Crippen LogP contribution in [0.5, 0.6) is 5.75 Å². The number of aromatic carboxylic acids is 1. The molecule has 2 N–H and O–H groups in total. The lowest BCUT2D eigenvalue weighted by atomic mass is 10.1. The standard InChI is InChI=1S/C16H16FNO3/c1-21-13-5-2-11(3-6-13)8-9-18-12-4-7-14(16(19)20)15(17)10-12/h2-7,10,18H,8-9H2,1H3,(H,19,20). The van der Waals surface area contributed by atoms with Crippen LogP contribution in [0.4, 0.5) is 10.1 Å². The minimum atomic E-state index is -1.27. The molecule has 0 saturated carbocycles. The topological polar surface area (TPSA) is 58.6 Å². The van der Waals surface area contributed by atoms with Crippen LogP contribution in [0.2, 0.25) is 0 Å². The number of benzene rings is 2. The van der Waals surface area contributed by atoms with Crippen molar-refractivity contribution in [3.05, 3.63) is 59.4 Å². The predicted molar refractivity (Wildman–Crippen MR) is 78.5 cm³/mol. The summed E-state index contributed by atoms with van der Waals surface area (Å²) in [5.41, 5.74) is 1.37. The molecule has 0 radical (unpaired) electrons. The van der Waals surface area contributed by atoms with Gasteiger partial charge >= 0.3 is 5.97 Å². The van der Waals surface area contributed by atoms with Gasteiger partial charge in [0.2, 0.25) is 0 Å². The molecule has 0 unspecified atom stereocenters. The molecular formula is C16H16FNO3. The van der Waals surface area contributed by atoms with E-state index in [0.29, 0.717) is 12.2 Å². The number of carbonyl (C=O) groups is 1. The number of rotatable bonds is 6. The Hall–Kier alpha value is -2.56. The van der Waals surface area contributed by atoms with E-state index in [4.69, 9.17) is 9.84 Å². The average Bonchev–Trinajstić information content (AvgIpc) is 2.47. The van der Waals surface area contributed by atoms with Gasteiger partial charge in [-0.1, -0.05) is 12.1 Å². The maximum atomic E-state index is 13.5. The van der Waals surface area contributed by atoms with E-state index in [9.17, 15) is 9.18 Å². The van der Waals surface area contributed by atoms with Gasteiger partial charge in [0.05, 0.1) is 12.7 Å². The third-order valence-corrected chi connectivity index (χ3v) is 3.10. The Labute approximate surface area is 122 Å². The van der Waals surface area contributed by atoms with Gasteiger partial charge in [-0.15, -0.1) is 0 Å². The van der Waals surface area contributed by atoms with Crippen molar-refractivity contribution in [2.24, 2.45) is 0 Å². The van der Waals surface area contributed by atoms with Crippen LogP contribution in [0, 0.1) is 5.82 Å². The molecule has 110 valence electrons. The molecule has 0 amide bonds. The van der Waals surface area contributed by atoms with E-state index in [-0.39, 0.29) is 5.56 Å². The van der Waals surface area contributed by atoms with Crippen molar-refractivity contribution in [3.8, 4) is 5.75 Å².